The zero-order valence-electron chi connectivity index (χ0n) is 12.8. The van der Waals surface area contributed by atoms with Crippen molar-refractivity contribution in [2.75, 3.05) is 11.4 Å². The first-order chi connectivity index (χ1) is 10.3. The average Bonchev–Trinajstić information content (AvgIpc) is 3.31. The molecule has 1 aromatic carbocycles. The fourth-order valence-electron chi connectivity index (χ4n) is 2.58. The van der Waals surface area contributed by atoms with Crippen LogP contribution in [0.15, 0.2) is 42.6 Å². The van der Waals surface area contributed by atoms with Crippen molar-refractivity contribution in [2.45, 2.75) is 39.3 Å². The largest absolute Gasteiger partial charge is 0.342 e. The lowest BCUT2D eigenvalue weighted by Gasteiger charge is -2.24. The molecule has 110 valence electrons. The second-order valence-electron chi connectivity index (χ2n) is 5.74. The minimum atomic E-state index is 0.717. The molecule has 3 nitrogen and oxygen atoms in total. The van der Waals surface area contributed by atoms with Crippen molar-refractivity contribution < 1.29 is 0 Å². The molecule has 2 aromatic rings. The molecule has 1 saturated carbocycles. The maximum absolute atomic E-state index is 4.48. The Morgan fingerprint density at radius 1 is 1.19 bits per heavy atom. The summed E-state index contributed by atoms with van der Waals surface area (Å²) in [5.74, 6) is 0. The van der Waals surface area contributed by atoms with Crippen LogP contribution in [0, 0.1) is 6.92 Å². The van der Waals surface area contributed by atoms with Gasteiger partial charge in [0.15, 0.2) is 0 Å². The van der Waals surface area contributed by atoms with Gasteiger partial charge in [-0.05, 0) is 56.5 Å². The third kappa shape index (κ3) is 3.61. The molecule has 0 radical (unpaired) electrons. The van der Waals surface area contributed by atoms with Crippen molar-refractivity contribution in [1.82, 2.24) is 10.3 Å². The fourth-order valence-corrected chi connectivity index (χ4v) is 2.58. The number of benzene rings is 1. The van der Waals surface area contributed by atoms with E-state index >= 15 is 0 Å². The van der Waals surface area contributed by atoms with E-state index < -0.39 is 0 Å². The Labute approximate surface area is 127 Å². The molecule has 1 N–H and O–H groups in total. The Kier molecular flexibility index (Phi) is 4.20. The van der Waals surface area contributed by atoms with Crippen LogP contribution in [0.5, 0.6) is 0 Å². The highest BCUT2D eigenvalue weighted by Gasteiger charge is 2.20. The summed E-state index contributed by atoms with van der Waals surface area (Å²) >= 11 is 0. The van der Waals surface area contributed by atoms with Gasteiger partial charge in [-0.3, -0.25) is 4.98 Å². The minimum Gasteiger partial charge on any atom is -0.342 e. The normalized spacial score (nSPS) is 14.2. The van der Waals surface area contributed by atoms with E-state index in [9.17, 15) is 0 Å². The van der Waals surface area contributed by atoms with Crippen LogP contribution >= 0.6 is 0 Å². The van der Waals surface area contributed by atoms with Crippen molar-refractivity contribution in [3.63, 3.8) is 0 Å². The first kappa shape index (κ1) is 14.1. The Morgan fingerprint density at radius 2 is 2.00 bits per heavy atom. The lowest BCUT2D eigenvalue weighted by Crippen LogP contribution is -2.19. The van der Waals surface area contributed by atoms with E-state index in [0.717, 1.165) is 24.8 Å². The monoisotopic (exact) mass is 281 g/mol. The van der Waals surface area contributed by atoms with Gasteiger partial charge in [0.2, 0.25) is 0 Å². The predicted molar refractivity (Wildman–Crippen MR) is 88.0 cm³/mol. The Balaban J connectivity index is 1.80. The van der Waals surface area contributed by atoms with Crippen LogP contribution < -0.4 is 10.2 Å². The molecule has 0 aliphatic heterocycles. The molecule has 1 aromatic heterocycles. The summed E-state index contributed by atoms with van der Waals surface area (Å²) in [6, 6.07) is 13.6. The fraction of sp³-hybridized carbons (Fsp3) is 0.389. The van der Waals surface area contributed by atoms with Crippen LogP contribution in [0.25, 0.3) is 0 Å². The summed E-state index contributed by atoms with van der Waals surface area (Å²) in [5.41, 5.74) is 4.86. The van der Waals surface area contributed by atoms with Gasteiger partial charge in [-0.2, -0.15) is 0 Å². The molecule has 0 spiro atoms. The second-order valence-corrected chi connectivity index (χ2v) is 5.74. The molecule has 0 unspecified atom stereocenters. The van der Waals surface area contributed by atoms with Gasteiger partial charge < -0.3 is 10.2 Å². The molecule has 0 saturated heterocycles. The first-order valence-corrected chi connectivity index (χ1v) is 7.79. The molecule has 3 heteroatoms. The maximum Gasteiger partial charge on any atom is 0.0562 e. The number of nitrogens with zero attached hydrogens (tertiary/aromatic N) is 2. The van der Waals surface area contributed by atoms with Crippen LogP contribution in [0.2, 0.25) is 0 Å². The molecule has 0 amide bonds. The van der Waals surface area contributed by atoms with E-state index in [1.54, 1.807) is 0 Å². The Hall–Kier alpha value is -1.87. The van der Waals surface area contributed by atoms with Crippen molar-refractivity contribution in [3.05, 3.63) is 53.9 Å². The van der Waals surface area contributed by atoms with Crippen molar-refractivity contribution >= 4 is 11.4 Å². The van der Waals surface area contributed by atoms with Gasteiger partial charge in [0.1, 0.15) is 0 Å². The van der Waals surface area contributed by atoms with Gasteiger partial charge in [0.05, 0.1) is 5.69 Å². The van der Waals surface area contributed by atoms with E-state index in [4.69, 9.17) is 0 Å². The molecule has 21 heavy (non-hydrogen) atoms. The highest BCUT2D eigenvalue weighted by molar-refractivity contribution is 5.63. The number of pyridine rings is 1. The number of anilines is 2. The summed E-state index contributed by atoms with van der Waals surface area (Å²) in [4.78, 5) is 6.81. The molecular formula is C18H23N3. The summed E-state index contributed by atoms with van der Waals surface area (Å²) in [5, 5.41) is 3.52. The van der Waals surface area contributed by atoms with Gasteiger partial charge in [0.25, 0.3) is 0 Å². The lowest BCUT2D eigenvalue weighted by molar-refractivity contribution is 0.674. The zero-order valence-corrected chi connectivity index (χ0v) is 12.8. The van der Waals surface area contributed by atoms with Crippen molar-refractivity contribution in [2.24, 2.45) is 0 Å². The van der Waals surface area contributed by atoms with Crippen LogP contribution in [-0.2, 0) is 6.54 Å². The summed E-state index contributed by atoms with van der Waals surface area (Å²) in [6.07, 6.45) is 4.53. The molecular weight excluding hydrogens is 258 g/mol. The minimum absolute atomic E-state index is 0.717. The molecule has 1 fully saturated rings. The van der Waals surface area contributed by atoms with E-state index in [2.05, 4.69) is 65.4 Å². The lowest BCUT2D eigenvalue weighted by atomic mass is 10.2. The Bertz CT molecular complexity index is 605. The van der Waals surface area contributed by atoms with E-state index in [0.29, 0.717) is 0 Å². The molecule has 3 rings (SSSR count). The molecule has 1 aliphatic rings. The number of hydrogen-bond acceptors (Lipinski definition) is 3. The highest BCUT2D eigenvalue weighted by atomic mass is 15.1. The SMILES string of the molecule is CCN(c1cccc(C)c1)c1ccnc(CNC2CC2)c1. The number of rotatable bonds is 6. The maximum atomic E-state index is 4.48. The van der Waals surface area contributed by atoms with E-state index in [1.807, 2.05) is 6.20 Å². The third-order valence-corrected chi connectivity index (χ3v) is 3.89. The second kappa shape index (κ2) is 6.27. The standard InChI is InChI=1S/C18H23N3/c1-3-21(17-6-4-5-14(2)11-17)18-9-10-19-16(12-18)13-20-15-7-8-15/h4-6,9-12,15,20H,3,7-8,13H2,1-2H3. The third-order valence-electron chi connectivity index (χ3n) is 3.89. The van der Waals surface area contributed by atoms with Crippen molar-refractivity contribution in [1.29, 1.82) is 0 Å². The van der Waals surface area contributed by atoms with Crippen LogP contribution in [0.3, 0.4) is 0 Å². The Morgan fingerprint density at radius 3 is 2.71 bits per heavy atom. The van der Waals surface area contributed by atoms with E-state index in [-0.39, 0.29) is 0 Å². The summed E-state index contributed by atoms with van der Waals surface area (Å²) in [7, 11) is 0. The first-order valence-electron chi connectivity index (χ1n) is 7.79. The van der Waals surface area contributed by atoms with Gasteiger partial charge in [-0.25, -0.2) is 0 Å². The topological polar surface area (TPSA) is 28.2 Å². The van der Waals surface area contributed by atoms with Gasteiger partial charge in [-0.1, -0.05) is 12.1 Å². The summed E-state index contributed by atoms with van der Waals surface area (Å²) in [6.45, 7) is 6.13. The van der Waals surface area contributed by atoms with E-state index in [1.165, 1.54) is 29.8 Å². The van der Waals surface area contributed by atoms with Crippen LogP contribution in [0.4, 0.5) is 11.4 Å². The zero-order chi connectivity index (χ0) is 14.7. The van der Waals surface area contributed by atoms with Crippen molar-refractivity contribution in [3.8, 4) is 0 Å². The highest BCUT2D eigenvalue weighted by Crippen LogP contribution is 2.26. The van der Waals surface area contributed by atoms with Gasteiger partial charge >= 0.3 is 0 Å². The van der Waals surface area contributed by atoms with Crippen LogP contribution in [0.1, 0.15) is 31.0 Å². The number of aryl methyl sites for hydroxylation is 1. The number of nitrogens with one attached hydrogen (secondary N) is 1. The predicted octanol–water partition coefficient (Wildman–Crippen LogP) is 3.80. The smallest absolute Gasteiger partial charge is 0.0562 e. The molecule has 0 atom stereocenters. The summed E-state index contributed by atoms with van der Waals surface area (Å²) < 4.78 is 0. The van der Waals surface area contributed by atoms with Gasteiger partial charge in [-0.15, -0.1) is 0 Å². The average molecular weight is 281 g/mol. The van der Waals surface area contributed by atoms with Gasteiger partial charge in [0, 0.05) is 36.7 Å². The number of hydrogen-bond donors (Lipinski definition) is 1. The van der Waals surface area contributed by atoms with Crippen LogP contribution in [-0.4, -0.2) is 17.6 Å². The quantitative estimate of drug-likeness (QED) is 0.873. The molecule has 1 aliphatic carbocycles. The number of aromatic nitrogens is 1. The molecule has 0 bridgehead atoms. The molecule has 1 heterocycles.